The third-order valence-electron chi connectivity index (χ3n) is 6.36. The van der Waals surface area contributed by atoms with Crippen molar-refractivity contribution in [3.63, 3.8) is 0 Å². The van der Waals surface area contributed by atoms with E-state index in [1.165, 1.54) is 55.8 Å². The Hall–Kier alpha value is -2.78. The number of carbonyl (C=O) groups excluding carboxylic acids is 1. The van der Waals surface area contributed by atoms with E-state index in [1.54, 1.807) is 13.2 Å². The van der Waals surface area contributed by atoms with Crippen LogP contribution in [-0.4, -0.2) is 39.8 Å². The second-order valence-corrected chi connectivity index (χ2v) is 10.6. The molecule has 10 heteroatoms. The zero-order chi connectivity index (χ0) is 24.8. The zero-order valence-electron chi connectivity index (χ0n) is 20.3. The molecule has 3 heterocycles. The highest BCUT2D eigenvalue weighted by molar-refractivity contribution is 7.17. The first-order valence-corrected chi connectivity index (χ1v) is 13.0. The van der Waals surface area contributed by atoms with Gasteiger partial charge in [0.2, 0.25) is 5.13 Å². The van der Waals surface area contributed by atoms with Gasteiger partial charge in [-0.1, -0.05) is 55.7 Å². The molecule has 1 aliphatic carbocycles. The van der Waals surface area contributed by atoms with Crippen LogP contribution >= 0.6 is 22.9 Å². The summed E-state index contributed by atoms with van der Waals surface area (Å²) < 4.78 is 11.4. The van der Waals surface area contributed by atoms with E-state index in [4.69, 9.17) is 21.1 Å². The number of carbonyl (C=O) groups is 1. The third-order valence-corrected chi connectivity index (χ3v) is 7.32. The van der Waals surface area contributed by atoms with Gasteiger partial charge in [0, 0.05) is 28.4 Å². The Kier molecular flexibility index (Phi) is 8.18. The van der Waals surface area contributed by atoms with E-state index in [1.807, 2.05) is 13.0 Å². The molecule has 0 unspecified atom stereocenters. The third kappa shape index (κ3) is 6.46. The number of aryl methyl sites for hydroxylation is 1. The van der Waals surface area contributed by atoms with Crippen LogP contribution in [-0.2, 0) is 0 Å². The molecular formula is C25H30ClN5O3S. The lowest BCUT2D eigenvalue weighted by Gasteiger charge is -2.30. The van der Waals surface area contributed by atoms with Crippen LogP contribution in [0.15, 0.2) is 24.5 Å². The second kappa shape index (κ2) is 11.3. The summed E-state index contributed by atoms with van der Waals surface area (Å²) >= 11 is 7.34. The fourth-order valence-electron chi connectivity index (χ4n) is 4.38. The second-order valence-electron chi connectivity index (χ2n) is 9.27. The minimum Gasteiger partial charge on any atom is -0.494 e. The molecule has 1 aliphatic rings. The molecule has 3 aromatic rings. The van der Waals surface area contributed by atoms with Gasteiger partial charge in [-0.15, -0.1) is 5.10 Å². The van der Waals surface area contributed by atoms with Crippen LogP contribution in [0, 0.1) is 12.3 Å². The summed E-state index contributed by atoms with van der Waals surface area (Å²) in [5.41, 5.74) is 2.53. The first-order chi connectivity index (χ1) is 16.9. The predicted molar refractivity (Wildman–Crippen MR) is 138 cm³/mol. The summed E-state index contributed by atoms with van der Waals surface area (Å²) in [6.07, 6.45) is 11.7. The van der Waals surface area contributed by atoms with Crippen molar-refractivity contribution in [2.24, 2.45) is 5.41 Å². The molecule has 1 amide bonds. The van der Waals surface area contributed by atoms with E-state index < -0.39 is 0 Å². The fourth-order valence-corrected chi connectivity index (χ4v) is 5.12. The fraction of sp³-hybridized carbons (Fsp3) is 0.480. The SMILES string of the molecule is COc1cnc(Cl)cc1-c1cc(C)ncc1C(=O)Nc1nnc(OCC2(C)CCCCCCC2)s1. The summed E-state index contributed by atoms with van der Waals surface area (Å²) in [5, 5.41) is 12.2. The van der Waals surface area contributed by atoms with Crippen LogP contribution in [0.25, 0.3) is 11.1 Å². The largest absolute Gasteiger partial charge is 0.494 e. The Labute approximate surface area is 214 Å². The Morgan fingerprint density at radius 3 is 2.57 bits per heavy atom. The highest BCUT2D eigenvalue weighted by atomic mass is 35.5. The van der Waals surface area contributed by atoms with Crippen molar-refractivity contribution >= 4 is 34.0 Å². The van der Waals surface area contributed by atoms with Gasteiger partial charge >= 0.3 is 0 Å². The summed E-state index contributed by atoms with van der Waals surface area (Å²) in [4.78, 5) is 21.6. The molecule has 35 heavy (non-hydrogen) atoms. The minimum absolute atomic E-state index is 0.142. The van der Waals surface area contributed by atoms with Crippen LogP contribution in [0.1, 0.15) is 67.9 Å². The molecule has 0 aromatic carbocycles. The van der Waals surface area contributed by atoms with Gasteiger partial charge in [-0.05, 0) is 43.2 Å². The van der Waals surface area contributed by atoms with Gasteiger partial charge in [-0.3, -0.25) is 15.1 Å². The number of hydrogen-bond acceptors (Lipinski definition) is 8. The number of rotatable bonds is 7. The maximum Gasteiger partial charge on any atom is 0.295 e. The molecule has 8 nitrogen and oxygen atoms in total. The molecule has 0 bridgehead atoms. The summed E-state index contributed by atoms with van der Waals surface area (Å²) in [6, 6.07) is 3.48. The molecule has 1 saturated carbocycles. The van der Waals surface area contributed by atoms with Gasteiger partial charge in [0.1, 0.15) is 10.9 Å². The first-order valence-electron chi connectivity index (χ1n) is 11.8. The zero-order valence-corrected chi connectivity index (χ0v) is 21.8. The maximum absolute atomic E-state index is 13.2. The van der Waals surface area contributed by atoms with Crippen LogP contribution in [0.3, 0.4) is 0 Å². The summed E-state index contributed by atoms with van der Waals surface area (Å²) in [6.45, 7) is 4.74. The number of nitrogens with one attached hydrogen (secondary N) is 1. The van der Waals surface area contributed by atoms with E-state index in [0.29, 0.717) is 44.5 Å². The van der Waals surface area contributed by atoms with Gasteiger partial charge < -0.3 is 9.47 Å². The Bertz CT molecular complexity index is 1180. The topological polar surface area (TPSA) is 99.1 Å². The van der Waals surface area contributed by atoms with Crippen molar-refractivity contribution in [3.05, 3.63) is 40.9 Å². The quantitative estimate of drug-likeness (QED) is 0.366. The number of anilines is 1. The minimum atomic E-state index is -0.364. The molecular weight excluding hydrogens is 486 g/mol. The lowest BCUT2D eigenvalue weighted by Crippen LogP contribution is -2.26. The number of aromatic nitrogens is 4. The molecule has 0 aliphatic heterocycles. The molecule has 0 radical (unpaired) electrons. The van der Waals surface area contributed by atoms with Crippen LogP contribution in [0.4, 0.5) is 5.13 Å². The van der Waals surface area contributed by atoms with E-state index in [0.717, 1.165) is 18.5 Å². The Morgan fingerprint density at radius 1 is 1.09 bits per heavy atom. The molecule has 1 fully saturated rings. The van der Waals surface area contributed by atoms with Crippen LogP contribution in [0.5, 0.6) is 10.9 Å². The van der Waals surface area contributed by atoms with Crippen molar-refractivity contribution in [2.75, 3.05) is 19.0 Å². The Balaban J connectivity index is 1.48. The lowest BCUT2D eigenvalue weighted by atomic mass is 9.79. The molecule has 3 aromatic heterocycles. The lowest BCUT2D eigenvalue weighted by molar-refractivity contribution is 0.102. The normalized spacial score (nSPS) is 15.7. The van der Waals surface area contributed by atoms with Crippen LogP contribution < -0.4 is 14.8 Å². The summed E-state index contributed by atoms with van der Waals surface area (Å²) in [5.74, 6) is 0.139. The molecule has 186 valence electrons. The number of pyridine rings is 2. The van der Waals surface area contributed by atoms with Gasteiger partial charge in [-0.25, -0.2) is 4.98 Å². The van der Waals surface area contributed by atoms with Gasteiger partial charge in [-0.2, -0.15) is 0 Å². The number of nitrogens with zero attached hydrogens (tertiary/aromatic N) is 4. The molecule has 0 spiro atoms. The number of ether oxygens (including phenoxy) is 2. The van der Waals surface area contributed by atoms with Crippen molar-refractivity contribution in [3.8, 4) is 22.1 Å². The predicted octanol–water partition coefficient (Wildman–Crippen LogP) is 6.35. The van der Waals surface area contributed by atoms with E-state index in [-0.39, 0.29) is 11.3 Å². The smallest absolute Gasteiger partial charge is 0.295 e. The van der Waals surface area contributed by atoms with E-state index >= 15 is 0 Å². The van der Waals surface area contributed by atoms with Gasteiger partial charge in [0.05, 0.1) is 25.5 Å². The van der Waals surface area contributed by atoms with Gasteiger partial charge in [0.15, 0.2) is 0 Å². The first kappa shape index (κ1) is 25.3. The van der Waals surface area contributed by atoms with Crippen molar-refractivity contribution in [2.45, 2.75) is 58.8 Å². The molecule has 4 rings (SSSR count). The monoisotopic (exact) mass is 515 g/mol. The average molecular weight is 516 g/mol. The van der Waals surface area contributed by atoms with Crippen molar-refractivity contribution in [1.82, 2.24) is 20.2 Å². The van der Waals surface area contributed by atoms with E-state index in [2.05, 4.69) is 32.4 Å². The number of hydrogen-bond donors (Lipinski definition) is 1. The highest BCUT2D eigenvalue weighted by Crippen LogP contribution is 2.36. The Morgan fingerprint density at radius 2 is 1.83 bits per heavy atom. The van der Waals surface area contributed by atoms with Crippen molar-refractivity contribution in [1.29, 1.82) is 0 Å². The summed E-state index contributed by atoms with van der Waals surface area (Å²) in [7, 11) is 1.54. The molecule has 1 N–H and O–H groups in total. The van der Waals surface area contributed by atoms with Crippen molar-refractivity contribution < 1.29 is 14.3 Å². The average Bonchev–Trinajstić information content (AvgIpc) is 3.27. The van der Waals surface area contributed by atoms with E-state index in [9.17, 15) is 4.79 Å². The maximum atomic E-state index is 13.2. The molecule has 0 saturated heterocycles. The highest BCUT2D eigenvalue weighted by Gasteiger charge is 2.26. The number of amides is 1. The number of halogens is 1. The number of methoxy groups -OCH3 is 1. The van der Waals surface area contributed by atoms with Gasteiger partial charge in [0.25, 0.3) is 11.1 Å². The van der Waals surface area contributed by atoms with Crippen LogP contribution in [0.2, 0.25) is 5.15 Å². The molecule has 0 atom stereocenters. The standard InChI is InChI=1S/C25H30ClN5O3S/c1-16-11-17(18-12-21(26)28-14-20(18)33-3)19(13-27-16)22(32)29-23-30-31-24(35-23)34-15-25(2)9-7-5-4-6-8-10-25/h11-14H,4-10,15H2,1-3H3,(H,29,30,32).